The van der Waals surface area contributed by atoms with Gasteiger partial charge in [-0.05, 0) is 73.4 Å². The van der Waals surface area contributed by atoms with Crippen LogP contribution in [-0.4, -0.2) is 66.9 Å². The second-order valence-corrected chi connectivity index (χ2v) is 10.1. The summed E-state index contributed by atoms with van der Waals surface area (Å²) in [6.07, 6.45) is 9.34. The van der Waals surface area contributed by atoms with Crippen molar-refractivity contribution in [2.45, 2.75) is 38.6 Å². The highest BCUT2D eigenvalue weighted by atomic mass is 16.2. The zero-order chi connectivity index (χ0) is 26.8. The van der Waals surface area contributed by atoms with Crippen LogP contribution in [0.15, 0.2) is 73.1 Å². The largest absolute Gasteiger partial charge is 0.339 e. The third kappa shape index (κ3) is 5.25. The summed E-state index contributed by atoms with van der Waals surface area (Å²) in [5.41, 5.74) is 5.45. The average molecular weight is 522 g/mol. The maximum absolute atomic E-state index is 13.3. The number of carbonyl (C=O) groups excluding carboxylic acids is 2. The monoisotopic (exact) mass is 521 g/mol. The predicted octanol–water partition coefficient (Wildman–Crippen LogP) is 4.35. The molecule has 1 N–H and O–H groups in total. The Bertz CT molecular complexity index is 1530. The molecule has 39 heavy (non-hydrogen) atoms. The minimum absolute atomic E-state index is 0.0552. The van der Waals surface area contributed by atoms with Crippen molar-refractivity contribution in [2.24, 2.45) is 0 Å². The number of amides is 2. The molecule has 2 aliphatic rings. The molecule has 0 bridgehead atoms. The van der Waals surface area contributed by atoms with Gasteiger partial charge in [-0.1, -0.05) is 12.1 Å². The zero-order valence-electron chi connectivity index (χ0n) is 22.0. The minimum atomic E-state index is 0.0552. The Labute approximate surface area is 227 Å². The highest BCUT2D eigenvalue weighted by Crippen LogP contribution is 2.27. The summed E-state index contributed by atoms with van der Waals surface area (Å²) >= 11 is 0. The van der Waals surface area contributed by atoms with Gasteiger partial charge in [-0.15, -0.1) is 5.10 Å². The Kier molecular flexibility index (Phi) is 6.79. The van der Waals surface area contributed by atoms with E-state index in [0.717, 1.165) is 54.8 Å². The number of aromatic nitrogens is 4. The van der Waals surface area contributed by atoms with Gasteiger partial charge in [0.15, 0.2) is 5.65 Å². The molecule has 0 aliphatic carbocycles. The molecule has 1 saturated heterocycles. The van der Waals surface area contributed by atoms with Crippen LogP contribution in [0, 0.1) is 0 Å². The molecule has 1 aromatic carbocycles. The van der Waals surface area contributed by atoms with E-state index in [2.05, 4.69) is 21.5 Å². The molecule has 3 aromatic heterocycles. The number of pyridine rings is 2. The second kappa shape index (κ2) is 10.7. The lowest BCUT2D eigenvalue weighted by molar-refractivity contribution is -0.128. The number of nitrogens with zero attached hydrogens (tertiary/aromatic N) is 6. The van der Waals surface area contributed by atoms with Crippen molar-refractivity contribution >= 4 is 34.7 Å². The Morgan fingerprint density at radius 1 is 1.05 bits per heavy atom. The van der Waals surface area contributed by atoms with Crippen LogP contribution in [-0.2, 0) is 11.2 Å². The van der Waals surface area contributed by atoms with Gasteiger partial charge in [0.25, 0.3) is 5.91 Å². The normalized spacial score (nSPS) is 17.4. The van der Waals surface area contributed by atoms with Crippen molar-refractivity contribution in [3.05, 3.63) is 89.9 Å². The number of rotatable bonds is 6. The summed E-state index contributed by atoms with van der Waals surface area (Å²) in [6, 6.07) is 17.6. The molecular formula is C30H31N7O2. The third-order valence-electron chi connectivity index (χ3n) is 7.56. The molecule has 1 fully saturated rings. The molecule has 9 nitrogen and oxygen atoms in total. The van der Waals surface area contributed by atoms with E-state index in [1.54, 1.807) is 17.6 Å². The summed E-state index contributed by atoms with van der Waals surface area (Å²) in [4.78, 5) is 38.0. The molecule has 0 spiro atoms. The topological polar surface area (TPSA) is 95.7 Å². The average Bonchev–Trinajstić information content (AvgIpc) is 3.60. The van der Waals surface area contributed by atoms with E-state index in [9.17, 15) is 9.59 Å². The number of carbonyl (C=O) groups is 2. The summed E-state index contributed by atoms with van der Waals surface area (Å²) in [6.45, 7) is 3.68. The Hall–Kier alpha value is -4.53. The van der Waals surface area contributed by atoms with Crippen molar-refractivity contribution in [2.75, 3.05) is 25.0 Å². The SMILES string of the molecule is CC(=O)N1CC=C(c2cccn3nc(Nc4ccc(C(=O)N5CCCC5Cc5ccccn5)cc4)nc23)CC1. The fraction of sp³-hybridized carbons (Fsp3) is 0.300. The van der Waals surface area contributed by atoms with Crippen LogP contribution >= 0.6 is 0 Å². The molecule has 0 radical (unpaired) electrons. The highest BCUT2D eigenvalue weighted by molar-refractivity contribution is 5.95. The number of likely N-dealkylation sites (tertiary alicyclic amines) is 1. The Morgan fingerprint density at radius 3 is 2.67 bits per heavy atom. The van der Waals surface area contributed by atoms with Gasteiger partial charge in [0.1, 0.15) is 0 Å². The number of hydrogen-bond donors (Lipinski definition) is 1. The van der Waals surface area contributed by atoms with Gasteiger partial charge in [0.05, 0.1) is 0 Å². The predicted molar refractivity (Wildman–Crippen MR) is 150 cm³/mol. The number of anilines is 2. The van der Waals surface area contributed by atoms with Gasteiger partial charge >= 0.3 is 0 Å². The quantitative estimate of drug-likeness (QED) is 0.405. The van der Waals surface area contributed by atoms with Gasteiger partial charge in [-0.3, -0.25) is 14.6 Å². The Morgan fingerprint density at radius 2 is 1.92 bits per heavy atom. The lowest BCUT2D eigenvalue weighted by Gasteiger charge is -2.25. The van der Waals surface area contributed by atoms with Gasteiger partial charge in [-0.2, -0.15) is 4.98 Å². The van der Waals surface area contributed by atoms with Crippen LogP contribution in [0.1, 0.15) is 47.8 Å². The minimum Gasteiger partial charge on any atom is -0.339 e. The fourth-order valence-electron chi connectivity index (χ4n) is 5.48. The third-order valence-corrected chi connectivity index (χ3v) is 7.56. The lowest BCUT2D eigenvalue weighted by Crippen LogP contribution is -2.36. The van der Waals surface area contributed by atoms with Gasteiger partial charge in [0, 0.05) is 73.9 Å². The van der Waals surface area contributed by atoms with E-state index in [0.29, 0.717) is 24.6 Å². The molecule has 0 saturated carbocycles. The second-order valence-electron chi connectivity index (χ2n) is 10.1. The van der Waals surface area contributed by atoms with Crippen molar-refractivity contribution in [3.63, 3.8) is 0 Å². The van der Waals surface area contributed by atoms with Gasteiger partial charge in [0.2, 0.25) is 11.9 Å². The lowest BCUT2D eigenvalue weighted by atomic mass is 10.0. The molecule has 1 unspecified atom stereocenters. The van der Waals surface area contributed by atoms with Crippen LogP contribution in [0.3, 0.4) is 0 Å². The molecule has 198 valence electrons. The van der Waals surface area contributed by atoms with Crippen LogP contribution in [0.2, 0.25) is 0 Å². The first-order valence-electron chi connectivity index (χ1n) is 13.4. The van der Waals surface area contributed by atoms with Crippen LogP contribution in [0.5, 0.6) is 0 Å². The highest BCUT2D eigenvalue weighted by Gasteiger charge is 2.29. The first-order valence-corrected chi connectivity index (χ1v) is 13.4. The molecule has 5 heterocycles. The van der Waals surface area contributed by atoms with Gasteiger partial charge in [-0.25, -0.2) is 4.52 Å². The van der Waals surface area contributed by atoms with E-state index in [1.807, 2.05) is 70.6 Å². The molecule has 2 amide bonds. The molecule has 4 aromatic rings. The summed E-state index contributed by atoms with van der Waals surface area (Å²) in [7, 11) is 0. The first kappa shape index (κ1) is 24.8. The van der Waals surface area contributed by atoms with Crippen molar-refractivity contribution in [1.29, 1.82) is 0 Å². The summed E-state index contributed by atoms with van der Waals surface area (Å²) in [5, 5.41) is 7.87. The standard InChI is InChI=1S/C30H31N7O2/c1-21(38)35-18-13-22(14-19-35)27-8-5-17-37-28(27)33-30(34-37)32-24-11-9-23(10-12-24)29(39)36-16-4-7-26(36)20-25-6-2-3-15-31-25/h2-3,5-6,8-13,15,17,26H,4,7,14,16,18-20H2,1H3,(H,32,34). The zero-order valence-corrected chi connectivity index (χ0v) is 22.0. The maximum Gasteiger partial charge on any atom is 0.254 e. The van der Waals surface area contributed by atoms with Crippen LogP contribution in [0.4, 0.5) is 11.6 Å². The number of benzene rings is 1. The summed E-state index contributed by atoms with van der Waals surface area (Å²) < 4.78 is 1.77. The first-order chi connectivity index (χ1) is 19.0. The maximum atomic E-state index is 13.3. The molecule has 6 rings (SSSR count). The number of hydrogen-bond acceptors (Lipinski definition) is 6. The molecule has 9 heteroatoms. The Balaban J connectivity index is 1.15. The van der Waals surface area contributed by atoms with E-state index in [1.165, 1.54) is 5.57 Å². The van der Waals surface area contributed by atoms with Crippen molar-refractivity contribution in [3.8, 4) is 0 Å². The van der Waals surface area contributed by atoms with Crippen molar-refractivity contribution in [1.82, 2.24) is 29.4 Å². The van der Waals surface area contributed by atoms with E-state index >= 15 is 0 Å². The fourth-order valence-corrected chi connectivity index (χ4v) is 5.48. The smallest absolute Gasteiger partial charge is 0.254 e. The van der Waals surface area contributed by atoms with Crippen LogP contribution in [0.25, 0.3) is 11.2 Å². The molecule has 2 aliphatic heterocycles. The number of nitrogens with one attached hydrogen (secondary N) is 1. The number of fused-ring (bicyclic) bond motifs is 1. The van der Waals surface area contributed by atoms with E-state index in [4.69, 9.17) is 4.98 Å². The molecular weight excluding hydrogens is 490 g/mol. The van der Waals surface area contributed by atoms with E-state index < -0.39 is 0 Å². The summed E-state index contributed by atoms with van der Waals surface area (Å²) in [5.74, 6) is 0.632. The van der Waals surface area contributed by atoms with Crippen molar-refractivity contribution < 1.29 is 9.59 Å². The van der Waals surface area contributed by atoms with Crippen LogP contribution < -0.4 is 5.32 Å². The van der Waals surface area contributed by atoms with Gasteiger partial charge < -0.3 is 15.1 Å². The van der Waals surface area contributed by atoms with E-state index in [-0.39, 0.29) is 17.9 Å². The molecule has 1 atom stereocenters.